The number of unbranched alkanes of at least 4 members (excludes halogenated alkanes) is 4. The van der Waals surface area contributed by atoms with Gasteiger partial charge in [-0.25, -0.2) is 0 Å². The number of hydrogen-bond acceptors (Lipinski definition) is 2. The van der Waals surface area contributed by atoms with Crippen molar-refractivity contribution in [3.63, 3.8) is 0 Å². The molecule has 1 unspecified atom stereocenters. The van der Waals surface area contributed by atoms with Gasteiger partial charge in [0.2, 0.25) is 0 Å². The minimum Gasteiger partial charge on any atom is -0.363 e. The standard InChI is InChI=1S/C12H19NO/c1-3-5-6-7-8-9-10-14-12(4-2)11-13/h1,12H,4-10H2,2H3. The van der Waals surface area contributed by atoms with Crippen molar-refractivity contribution in [3.05, 3.63) is 0 Å². The molecule has 0 aliphatic heterocycles. The van der Waals surface area contributed by atoms with Gasteiger partial charge in [0.25, 0.3) is 0 Å². The third-order valence-electron chi connectivity index (χ3n) is 2.05. The summed E-state index contributed by atoms with van der Waals surface area (Å²) in [7, 11) is 0. The molecule has 0 rings (SSSR count). The molecule has 78 valence electrons. The summed E-state index contributed by atoms with van der Waals surface area (Å²) in [5, 5.41) is 8.60. The Hall–Kier alpha value is -0.990. The third-order valence-corrected chi connectivity index (χ3v) is 2.05. The van der Waals surface area contributed by atoms with Crippen LogP contribution in [-0.4, -0.2) is 12.7 Å². The van der Waals surface area contributed by atoms with Gasteiger partial charge in [-0.1, -0.05) is 19.8 Å². The molecule has 0 heterocycles. The van der Waals surface area contributed by atoms with Gasteiger partial charge in [0.05, 0.1) is 6.07 Å². The fourth-order valence-corrected chi connectivity index (χ4v) is 1.15. The summed E-state index contributed by atoms with van der Waals surface area (Å²) in [5.41, 5.74) is 0. The highest BCUT2D eigenvalue weighted by molar-refractivity contribution is 4.83. The Bertz CT molecular complexity index is 199. The Kier molecular flexibility index (Phi) is 9.38. The number of ether oxygens (including phenoxy) is 1. The van der Waals surface area contributed by atoms with Crippen LogP contribution in [0.5, 0.6) is 0 Å². The number of rotatable bonds is 8. The Morgan fingerprint density at radius 2 is 2.00 bits per heavy atom. The first-order valence-electron chi connectivity index (χ1n) is 5.29. The number of nitrogens with zero attached hydrogens (tertiary/aromatic N) is 1. The minimum atomic E-state index is -0.222. The summed E-state index contributed by atoms with van der Waals surface area (Å²) in [4.78, 5) is 0. The minimum absolute atomic E-state index is 0.222. The van der Waals surface area contributed by atoms with Gasteiger partial charge in [0.15, 0.2) is 0 Å². The molecule has 0 saturated heterocycles. The molecule has 0 aromatic heterocycles. The maximum atomic E-state index is 8.60. The lowest BCUT2D eigenvalue weighted by Gasteiger charge is -2.07. The van der Waals surface area contributed by atoms with E-state index < -0.39 is 0 Å². The van der Waals surface area contributed by atoms with Crippen molar-refractivity contribution in [2.24, 2.45) is 0 Å². The van der Waals surface area contributed by atoms with E-state index in [0.717, 1.165) is 38.5 Å². The van der Waals surface area contributed by atoms with Crippen LogP contribution in [0.1, 0.15) is 45.4 Å². The smallest absolute Gasteiger partial charge is 0.143 e. The molecule has 0 radical (unpaired) electrons. The van der Waals surface area contributed by atoms with E-state index in [1.165, 1.54) is 0 Å². The molecule has 2 heteroatoms. The first-order chi connectivity index (χ1) is 6.85. The molecular weight excluding hydrogens is 174 g/mol. The average Bonchev–Trinajstić information content (AvgIpc) is 2.22. The summed E-state index contributed by atoms with van der Waals surface area (Å²) in [6.07, 6.45) is 11.0. The van der Waals surface area contributed by atoms with Gasteiger partial charge in [-0.15, -0.1) is 12.3 Å². The molecule has 0 spiro atoms. The van der Waals surface area contributed by atoms with Crippen LogP contribution in [0.4, 0.5) is 0 Å². The zero-order valence-electron chi connectivity index (χ0n) is 8.96. The van der Waals surface area contributed by atoms with Crippen LogP contribution < -0.4 is 0 Å². The Morgan fingerprint density at radius 1 is 1.29 bits per heavy atom. The van der Waals surface area contributed by atoms with Crippen molar-refractivity contribution < 1.29 is 4.74 Å². The maximum absolute atomic E-state index is 8.60. The van der Waals surface area contributed by atoms with Crippen LogP contribution in [0.15, 0.2) is 0 Å². The lowest BCUT2D eigenvalue weighted by atomic mass is 10.1. The highest BCUT2D eigenvalue weighted by Gasteiger charge is 2.02. The molecule has 1 atom stereocenters. The maximum Gasteiger partial charge on any atom is 0.143 e. The third kappa shape index (κ3) is 7.65. The second kappa shape index (κ2) is 10.1. The molecule has 14 heavy (non-hydrogen) atoms. The zero-order valence-corrected chi connectivity index (χ0v) is 8.96. The second-order valence-electron chi connectivity index (χ2n) is 3.27. The van der Waals surface area contributed by atoms with Gasteiger partial charge in [0, 0.05) is 13.0 Å². The van der Waals surface area contributed by atoms with E-state index in [4.69, 9.17) is 16.4 Å². The highest BCUT2D eigenvalue weighted by atomic mass is 16.5. The molecule has 0 amide bonds. The summed E-state index contributed by atoms with van der Waals surface area (Å²) >= 11 is 0. The van der Waals surface area contributed by atoms with Crippen LogP contribution in [0.25, 0.3) is 0 Å². The fraction of sp³-hybridized carbons (Fsp3) is 0.750. The number of nitriles is 1. The molecule has 0 saturated carbocycles. The van der Waals surface area contributed by atoms with E-state index in [9.17, 15) is 0 Å². The SMILES string of the molecule is C#CCCCCCCOC(C#N)CC. The van der Waals surface area contributed by atoms with Gasteiger partial charge < -0.3 is 4.74 Å². The zero-order chi connectivity index (χ0) is 10.6. The second-order valence-corrected chi connectivity index (χ2v) is 3.27. The first kappa shape index (κ1) is 13.0. The van der Waals surface area contributed by atoms with Crippen LogP contribution in [0.2, 0.25) is 0 Å². The molecule has 0 aromatic rings. The lowest BCUT2D eigenvalue weighted by Crippen LogP contribution is -2.09. The first-order valence-corrected chi connectivity index (χ1v) is 5.29. The highest BCUT2D eigenvalue weighted by Crippen LogP contribution is 2.04. The predicted octanol–water partition coefficient (Wildman–Crippen LogP) is 2.89. The van der Waals surface area contributed by atoms with Crippen LogP contribution in [0, 0.1) is 23.7 Å². The molecular formula is C12H19NO. The van der Waals surface area contributed by atoms with E-state index in [1.54, 1.807) is 0 Å². The molecule has 0 N–H and O–H groups in total. The molecule has 0 bridgehead atoms. The lowest BCUT2D eigenvalue weighted by molar-refractivity contribution is 0.0843. The Morgan fingerprint density at radius 3 is 2.57 bits per heavy atom. The summed E-state index contributed by atoms with van der Waals surface area (Å²) < 4.78 is 5.35. The summed E-state index contributed by atoms with van der Waals surface area (Å²) in [6, 6.07) is 2.11. The van der Waals surface area contributed by atoms with Gasteiger partial charge in [-0.2, -0.15) is 5.26 Å². The number of terminal acetylenes is 1. The average molecular weight is 193 g/mol. The van der Waals surface area contributed by atoms with Crippen LogP contribution >= 0.6 is 0 Å². The summed E-state index contributed by atoms with van der Waals surface area (Å²) in [6.45, 7) is 2.66. The number of hydrogen-bond donors (Lipinski definition) is 0. The quantitative estimate of drug-likeness (QED) is 0.438. The van der Waals surface area contributed by atoms with Gasteiger partial charge in [-0.05, 0) is 19.3 Å². The van der Waals surface area contributed by atoms with Gasteiger partial charge >= 0.3 is 0 Å². The van der Waals surface area contributed by atoms with Crippen molar-refractivity contribution >= 4 is 0 Å². The van der Waals surface area contributed by atoms with Crippen molar-refractivity contribution in [2.75, 3.05) is 6.61 Å². The largest absolute Gasteiger partial charge is 0.363 e. The predicted molar refractivity (Wildman–Crippen MR) is 57.6 cm³/mol. The molecule has 0 aliphatic rings. The Labute approximate surface area is 87.3 Å². The van der Waals surface area contributed by atoms with E-state index in [1.807, 2.05) is 6.92 Å². The molecule has 0 aromatic carbocycles. The van der Waals surface area contributed by atoms with E-state index in [0.29, 0.717) is 6.61 Å². The summed E-state index contributed by atoms with van der Waals surface area (Å²) in [5.74, 6) is 2.62. The van der Waals surface area contributed by atoms with E-state index in [-0.39, 0.29) is 6.10 Å². The van der Waals surface area contributed by atoms with Crippen molar-refractivity contribution in [3.8, 4) is 18.4 Å². The van der Waals surface area contributed by atoms with Gasteiger partial charge in [-0.3, -0.25) is 0 Å². The monoisotopic (exact) mass is 193 g/mol. The van der Waals surface area contributed by atoms with Crippen molar-refractivity contribution in [1.82, 2.24) is 0 Å². The topological polar surface area (TPSA) is 33.0 Å². The van der Waals surface area contributed by atoms with E-state index in [2.05, 4.69) is 12.0 Å². The molecule has 0 aliphatic carbocycles. The van der Waals surface area contributed by atoms with Crippen molar-refractivity contribution in [1.29, 1.82) is 5.26 Å². The van der Waals surface area contributed by atoms with Crippen molar-refractivity contribution in [2.45, 2.75) is 51.6 Å². The van der Waals surface area contributed by atoms with E-state index >= 15 is 0 Å². The molecule has 2 nitrogen and oxygen atoms in total. The Balaban J connectivity index is 3.14. The van der Waals surface area contributed by atoms with Crippen LogP contribution in [-0.2, 0) is 4.74 Å². The normalized spacial score (nSPS) is 11.6. The fourth-order valence-electron chi connectivity index (χ4n) is 1.15. The van der Waals surface area contributed by atoms with Crippen LogP contribution in [0.3, 0.4) is 0 Å². The molecule has 0 fully saturated rings. The van der Waals surface area contributed by atoms with Gasteiger partial charge in [0.1, 0.15) is 6.10 Å².